The fourth-order valence-electron chi connectivity index (χ4n) is 1.39. The Morgan fingerprint density at radius 2 is 2.00 bits per heavy atom. The van der Waals surface area contributed by atoms with Gasteiger partial charge in [0.1, 0.15) is 0 Å². The van der Waals surface area contributed by atoms with Gasteiger partial charge in [0.25, 0.3) is 0 Å². The van der Waals surface area contributed by atoms with Crippen LogP contribution < -0.4 is 4.74 Å². The molecule has 1 aromatic heterocycles. The molecule has 0 radical (unpaired) electrons. The Hall–Kier alpha value is -1.90. The van der Waals surface area contributed by atoms with E-state index >= 15 is 0 Å². The average molecular weight is 217 g/mol. The van der Waals surface area contributed by atoms with E-state index in [1.807, 2.05) is 12.1 Å². The van der Waals surface area contributed by atoms with Crippen LogP contribution in [0.4, 0.5) is 4.39 Å². The van der Waals surface area contributed by atoms with Crippen molar-refractivity contribution in [2.75, 3.05) is 6.61 Å². The molecular weight excluding hydrogens is 205 g/mol. The Bertz CT molecular complexity index is 445. The second kappa shape index (κ2) is 5.26. The summed E-state index contributed by atoms with van der Waals surface area (Å²) in [4.78, 5) is 4.00. The number of benzene rings is 1. The number of halogens is 1. The van der Waals surface area contributed by atoms with Crippen molar-refractivity contribution < 1.29 is 9.13 Å². The molecule has 0 N–H and O–H groups in total. The summed E-state index contributed by atoms with van der Waals surface area (Å²) < 4.78 is 18.5. The topological polar surface area (TPSA) is 22.1 Å². The van der Waals surface area contributed by atoms with Crippen LogP contribution in [0.2, 0.25) is 0 Å². The van der Waals surface area contributed by atoms with Crippen LogP contribution in [-0.4, -0.2) is 11.6 Å². The van der Waals surface area contributed by atoms with E-state index in [2.05, 4.69) is 4.98 Å². The molecule has 2 rings (SSSR count). The number of pyridine rings is 1. The summed E-state index contributed by atoms with van der Waals surface area (Å²) in [5, 5.41) is 0. The van der Waals surface area contributed by atoms with Crippen LogP contribution in [0, 0.1) is 5.82 Å². The molecule has 1 heterocycles. The molecule has 16 heavy (non-hydrogen) atoms. The predicted molar refractivity (Wildman–Crippen MR) is 59.8 cm³/mol. The van der Waals surface area contributed by atoms with E-state index in [1.165, 1.54) is 6.07 Å². The Morgan fingerprint density at radius 3 is 2.75 bits per heavy atom. The zero-order valence-corrected chi connectivity index (χ0v) is 8.77. The molecule has 0 amide bonds. The van der Waals surface area contributed by atoms with Gasteiger partial charge in [0.05, 0.1) is 6.61 Å². The lowest BCUT2D eigenvalue weighted by molar-refractivity contribution is 0.305. The minimum Gasteiger partial charge on any atom is -0.490 e. The van der Waals surface area contributed by atoms with Gasteiger partial charge >= 0.3 is 0 Å². The van der Waals surface area contributed by atoms with Crippen molar-refractivity contribution in [3.05, 3.63) is 60.2 Å². The van der Waals surface area contributed by atoms with Crippen LogP contribution in [0.25, 0.3) is 0 Å². The quantitative estimate of drug-likeness (QED) is 0.785. The maximum atomic E-state index is 13.2. The minimum absolute atomic E-state index is 0.298. The fourth-order valence-corrected chi connectivity index (χ4v) is 1.39. The van der Waals surface area contributed by atoms with Crippen molar-refractivity contribution in [3.63, 3.8) is 0 Å². The first-order valence-corrected chi connectivity index (χ1v) is 5.12. The highest BCUT2D eigenvalue weighted by Crippen LogP contribution is 2.15. The Kier molecular flexibility index (Phi) is 3.49. The maximum absolute atomic E-state index is 13.2. The molecule has 2 nitrogen and oxygen atoms in total. The summed E-state index contributed by atoms with van der Waals surface area (Å²) in [6, 6.07) is 10.2. The van der Waals surface area contributed by atoms with Gasteiger partial charge in [-0.05, 0) is 23.8 Å². The molecule has 0 aliphatic heterocycles. The van der Waals surface area contributed by atoms with Crippen molar-refractivity contribution in [2.24, 2.45) is 0 Å². The molecule has 0 aliphatic carbocycles. The second-order valence-corrected chi connectivity index (χ2v) is 3.39. The molecule has 0 atom stereocenters. The Morgan fingerprint density at radius 1 is 1.12 bits per heavy atom. The summed E-state index contributed by atoms with van der Waals surface area (Å²) in [5.74, 6) is -0.0277. The first kappa shape index (κ1) is 10.6. The number of hydrogen-bond donors (Lipinski definition) is 0. The van der Waals surface area contributed by atoms with Crippen molar-refractivity contribution >= 4 is 0 Å². The predicted octanol–water partition coefficient (Wildman–Crippen LogP) is 2.84. The molecule has 0 bridgehead atoms. The van der Waals surface area contributed by atoms with Gasteiger partial charge in [0, 0.05) is 18.8 Å². The monoisotopic (exact) mass is 217 g/mol. The third-order valence-electron chi connectivity index (χ3n) is 2.21. The Balaban J connectivity index is 1.87. The van der Waals surface area contributed by atoms with Crippen molar-refractivity contribution in [1.29, 1.82) is 0 Å². The zero-order valence-electron chi connectivity index (χ0n) is 8.77. The van der Waals surface area contributed by atoms with Gasteiger partial charge in [-0.2, -0.15) is 0 Å². The molecule has 0 saturated heterocycles. The molecule has 1 aromatic carbocycles. The number of ether oxygens (including phenoxy) is 1. The second-order valence-electron chi connectivity index (χ2n) is 3.39. The van der Waals surface area contributed by atoms with E-state index in [9.17, 15) is 4.39 Å². The third kappa shape index (κ3) is 2.79. The standard InChI is InChI=1S/C13H12FNO/c14-12-5-1-2-6-13(12)16-9-7-11-4-3-8-15-10-11/h1-6,8,10H,7,9H2. The largest absolute Gasteiger partial charge is 0.490 e. The number of aromatic nitrogens is 1. The maximum Gasteiger partial charge on any atom is 0.165 e. The van der Waals surface area contributed by atoms with E-state index in [-0.39, 0.29) is 5.82 Å². The molecule has 0 spiro atoms. The van der Waals surface area contributed by atoms with Crippen LogP contribution in [0.1, 0.15) is 5.56 Å². The summed E-state index contributed by atoms with van der Waals surface area (Å²) in [6.45, 7) is 0.451. The molecule has 3 heteroatoms. The summed E-state index contributed by atoms with van der Waals surface area (Å²) in [7, 11) is 0. The van der Waals surface area contributed by atoms with Crippen LogP contribution >= 0.6 is 0 Å². The average Bonchev–Trinajstić information content (AvgIpc) is 2.33. The highest BCUT2D eigenvalue weighted by molar-refractivity contribution is 5.23. The van der Waals surface area contributed by atoms with Gasteiger partial charge in [-0.25, -0.2) is 4.39 Å². The van der Waals surface area contributed by atoms with Crippen LogP contribution in [0.5, 0.6) is 5.75 Å². The lowest BCUT2D eigenvalue weighted by Crippen LogP contribution is -2.02. The molecule has 0 unspecified atom stereocenters. The highest BCUT2D eigenvalue weighted by Gasteiger charge is 2.00. The number of hydrogen-bond acceptors (Lipinski definition) is 2. The van der Waals surface area contributed by atoms with Crippen LogP contribution in [-0.2, 0) is 6.42 Å². The lowest BCUT2D eigenvalue weighted by atomic mass is 10.2. The van der Waals surface area contributed by atoms with Crippen molar-refractivity contribution in [3.8, 4) is 5.75 Å². The fraction of sp³-hybridized carbons (Fsp3) is 0.154. The van der Waals surface area contributed by atoms with Gasteiger partial charge in [0.15, 0.2) is 11.6 Å². The van der Waals surface area contributed by atoms with E-state index in [0.717, 1.165) is 12.0 Å². The smallest absolute Gasteiger partial charge is 0.165 e. The van der Waals surface area contributed by atoms with Crippen molar-refractivity contribution in [1.82, 2.24) is 4.98 Å². The summed E-state index contributed by atoms with van der Waals surface area (Å²) in [6.07, 6.45) is 4.23. The number of rotatable bonds is 4. The van der Waals surface area contributed by atoms with Crippen LogP contribution in [0.3, 0.4) is 0 Å². The van der Waals surface area contributed by atoms with Gasteiger partial charge in [-0.3, -0.25) is 4.98 Å². The molecule has 82 valence electrons. The SMILES string of the molecule is Fc1ccccc1OCCc1cccnc1. The van der Waals surface area contributed by atoms with E-state index in [0.29, 0.717) is 12.4 Å². The number of nitrogens with zero attached hydrogens (tertiary/aromatic N) is 1. The van der Waals surface area contributed by atoms with Gasteiger partial charge < -0.3 is 4.74 Å². The summed E-state index contributed by atoms with van der Waals surface area (Å²) >= 11 is 0. The first-order valence-electron chi connectivity index (χ1n) is 5.12. The van der Waals surface area contributed by atoms with E-state index in [1.54, 1.807) is 30.6 Å². The minimum atomic E-state index is -0.325. The third-order valence-corrected chi connectivity index (χ3v) is 2.21. The Labute approximate surface area is 93.7 Å². The van der Waals surface area contributed by atoms with Gasteiger partial charge in [0.2, 0.25) is 0 Å². The zero-order chi connectivity index (χ0) is 11.2. The van der Waals surface area contributed by atoms with Gasteiger partial charge in [-0.1, -0.05) is 18.2 Å². The van der Waals surface area contributed by atoms with Gasteiger partial charge in [-0.15, -0.1) is 0 Å². The molecular formula is C13H12FNO. The molecule has 0 fully saturated rings. The first-order chi connectivity index (χ1) is 7.86. The highest BCUT2D eigenvalue weighted by atomic mass is 19.1. The van der Waals surface area contributed by atoms with Crippen LogP contribution in [0.15, 0.2) is 48.8 Å². The summed E-state index contributed by atoms with van der Waals surface area (Å²) in [5.41, 5.74) is 1.08. The number of para-hydroxylation sites is 1. The van der Waals surface area contributed by atoms with E-state index < -0.39 is 0 Å². The normalized spacial score (nSPS) is 10.1. The molecule has 2 aromatic rings. The molecule has 0 saturated carbocycles. The lowest BCUT2D eigenvalue weighted by Gasteiger charge is -2.06. The van der Waals surface area contributed by atoms with E-state index in [4.69, 9.17) is 4.74 Å². The van der Waals surface area contributed by atoms with Crippen molar-refractivity contribution in [2.45, 2.75) is 6.42 Å². The molecule has 0 aliphatic rings.